The molecule has 0 atom stereocenters. The number of benzene rings is 3. The SMILES string of the molecule is O=C(OCc1ccccc1)c1ccc(-c2ccc(/C=N\Nc3c(Cl)cc(Cl)cc3Cl)o2)cc1. The zero-order valence-corrected chi connectivity index (χ0v) is 19.4. The Bertz CT molecular complexity index is 1260. The number of rotatable bonds is 7. The van der Waals surface area contributed by atoms with Crippen LogP contribution in [0.4, 0.5) is 5.69 Å². The molecule has 0 amide bonds. The molecule has 1 aromatic heterocycles. The van der Waals surface area contributed by atoms with Crippen LogP contribution in [-0.4, -0.2) is 12.2 Å². The van der Waals surface area contributed by atoms with Gasteiger partial charge in [-0.2, -0.15) is 5.10 Å². The maximum absolute atomic E-state index is 12.3. The first-order valence-corrected chi connectivity index (χ1v) is 11.0. The van der Waals surface area contributed by atoms with Crippen LogP contribution in [0.25, 0.3) is 11.3 Å². The normalized spacial score (nSPS) is 11.0. The quantitative estimate of drug-likeness (QED) is 0.161. The molecule has 166 valence electrons. The molecule has 0 aliphatic rings. The summed E-state index contributed by atoms with van der Waals surface area (Å²) in [5, 5.41) is 5.25. The van der Waals surface area contributed by atoms with Crippen LogP contribution in [0, 0.1) is 0 Å². The van der Waals surface area contributed by atoms with Gasteiger partial charge in [0.2, 0.25) is 0 Å². The van der Waals surface area contributed by atoms with Gasteiger partial charge in [0.25, 0.3) is 0 Å². The van der Waals surface area contributed by atoms with E-state index < -0.39 is 0 Å². The van der Waals surface area contributed by atoms with Gasteiger partial charge in [0.1, 0.15) is 18.1 Å². The van der Waals surface area contributed by atoms with Gasteiger partial charge in [0, 0.05) is 10.6 Å². The Morgan fingerprint density at radius 1 is 0.939 bits per heavy atom. The van der Waals surface area contributed by atoms with Crippen molar-refractivity contribution in [3.8, 4) is 11.3 Å². The van der Waals surface area contributed by atoms with Crippen molar-refractivity contribution in [1.29, 1.82) is 0 Å². The maximum atomic E-state index is 12.3. The summed E-state index contributed by atoms with van der Waals surface area (Å²) in [4.78, 5) is 12.3. The second-order valence-corrected chi connectivity index (χ2v) is 8.21. The number of anilines is 1. The van der Waals surface area contributed by atoms with Crippen molar-refractivity contribution in [3.63, 3.8) is 0 Å². The highest BCUT2D eigenvalue weighted by atomic mass is 35.5. The molecule has 5 nitrogen and oxygen atoms in total. The lowest BCUT2D eigenvalue weighted by Crippen LogP contribution is -2.04. The molecule has 0 saturated heterocycles. The van der Waals surface area contributed by atoms with Gasteiger partial charge in [0.05, 0.1) is 27.5 Å². The summed E-state index contributed by atoms with van der Waals surface area (Å²) in [5.41, 5.74) is 5.44. The van der Waals surface area contributed by atoms with Crippen LogP contribution in [0.5, 0.6) is 0 Å². The second kappa shape index (κ2) is 10.6. The highest BCUT2D eigenvalue weighted by Crippen LogP contribution is 2.33. The summed E-state index contributed by atoms with van der Waals surface area (Å²) in [5.74, 6) is 0.761. The van der Waals surface area contributed by atoms with Crippen molar-refractivity contribution in [2.24, 2.45) is 5.10 Å². The fraction of sp³-hybridized carbons (Fsp3) is 0.0400. The summed E-state index contributed by atoms with van der Waals surface area (Å²) >= 11 is 18.2. The number of hydrogen-bond acceptors (Lipinski definition) is 5. The second-order valence-electron chi connectivity index (χ2n) is 6.96. The van der Waals surface area contributed by atoms with Crippen LogP contribution in [0.2, 0.25) is 15.1 Å². The number of hydrazone groups is 1. The van der Waals surface area contributed by atoms with Crippen LogP contribution in [0.3, 0.4) is 0 Å². The van der Waals surface area contributed by atoms with Crippen LogP contribution >= 0.6 is 34.8 Å². The lowest BCUT2D eigenvalue weighted by molar-refractivity contribution is 0.0472. The first-order valence-electron chi connectivity index (χ1n) is 9.84. The minimum Gasteiger partial charge on any atom is -0.457 e. The molecule has 3 aromatic carbocycles. The number of nitrogens with zero attached hydrogens (tertiary/aromatic N) is 1. The standard InChI is InChI=1S/C25H17Cl3N2O3/c26-19-12-21(27)24(22(28)13-19)30-29-14-20-10-11-23(33-20)17-6-8-18(9-7-17)25(31)32-15-16-4-2-1-3-5-16/h1-14,30H,15H2/b29-14-. The van der Waals surface area contributed by atoms with Gasteiger partial charge >= 0.3 is 5.97 Å². The third kappa shape index (κ3) is 5.96. The summed E-state index contributed by atoms with van der Waals surface area (Å²) in [6.07, 6.45) is 1.50. The van der Waals surface area contributed by atoms with Crippen molar-refractivity contribution < 1.29 is 13.9 Å². The Kier molecular flexibility index (Phi) is 7.35. The number of nitrogens with one attached hydrogen (secondary N) is 1. The van der Waals surface area contributed by atoms with Gasteiger partial charge in [-0.3, -0.25) is 5.43 Å². The lowest BCUT2D eigenvalue weighted by Gasteiger charge is -2.06. The molecule has 0 aliphatic carbocycles. The minimum atomic E-state index is -0.386. The molecule has 0 bridgehead atoms. The third-order valence-corrected chi connectivity index (χ3v) is 5.43. The van der Waals surface area contributed by atoms with E-state index in [4.69, 9.17) is 44.0 Å². The van der Waals surface area contributed by atoms with Crippen molar-refractivity contribution in [3.05, 3.63) is 111 Å². The van der Waals surface area contributed by atoms with E-state index in [9.17, 15) is 4.79 Å². The Hall–Kier alpha value is -3.25. The fourth-order valence-electron chi connectivity index (χ4n) is 2.96. The van der Waals surface area contributed by atoms with Gasteiger partial charge in [-0.15, -0.1) is 0 Å². The topological polar surface area (TPSA) is 63.8 Å². The van der Waals surface area contributed by atoms with Crippen molar-refractivity contribution in [1.82, 2.24) is 0 Å². The molecule has 1 heterocycles. The first-order chi connectivity index (χ1) is 16.0. The predicted molar refractivity (Wildman–Crippen MR) is 132 cm³/mol. The molecule has 0 aliphatic heterocycles. The molecular weight excluding hydrogens is 483 g/mol. The average Bonchev–Trinajstić information content (AvgIpc) is 3.29. The van der Waals surface area contributed by atoms with Crippen molar-refractivity contribution in [2.45, 2.75) is 6.61 Å². The molecule has 33 heavy (non-hydrogen) atoms. The Balaban J connectivity index is 1.37. The van der Waals surface area contributed by atoms with Gasteiger partial charge in [0.15, 0.2) is 0 Å². The summed E-state index contributed by atoms with van der Waals surface area (Å²) in [6.45, 7) is 0.225. The number of halogens is 3. The van der Waals surface area contributed by atoms with Crippen LogP contribution in [0.1, 0.15) is 21.7 Å². The van der Waals surface area contributed by atoms with E-state index in [1.807, 2.05) is 36.4 Å². The van der Waals surface area contributed by atoms with Crippen LogP contribution in [0.15, 0.2) is 88.4 Å². The molecule has 0 radical (unpaired) electrons. The number of carbonyl (C=O) groups excluding carboxylic acids is 1. The molecule has 8 heteroatoms. The number of esters is 1. The Morgan fingerprint density at radius 2 is 1.64 bits per heavy atom. The van der Waals surface area contributed by atoms with E-state index in [0.717, 1.165) is 11.1 Å². The third-order valence-electron chi connectivity index (χ3n) is 4.62. The van der Waals surface area contributed by atoms with Crippen molar-refractivity contribution in [2.75, 3.05) is 5.43 Å². The van der Waals surface area contributed by atoms with Crippen molar-refractivity contribution >= 4 is 52.7 Å². The average molecular weight is 500 g/mol. The number of ether oxygens (including phenoxy) is 1. The van der Waals surface area contributed by atoms with Gasteiger partial charge < -0.3 is 9.15 Å². The van der Waals surface area contributed by atoms with Crippen LogP contribution < -0.4 is 5.43 Å². The van der Waals surface area contributed by atoms with Gasteiger partial charge in [-0.05, 0) is 42.0 Å². The number of furan rings is 1. The maximum Gasteiger partial charge on any atom is 0.338 e. The lowest BCUT2D eigenvalue weighted by atomic mass is 10.1. The molecule has 4 rings (SSSR count). The predicted octanol–water partition coefficient (Wildman–Crippen LogP) is 7.71. The molecule has 0 spiro atoms. The monoisotopic (exact) mass is 498 g/mol. The largest absolute Gasteiger partial charge is 0.457 e. The van der Waals surface area contributed by atoms with E-state index in [1.54, 1.807) is 42.5 Å². The van der Waals surface area contributed by atoms with E-state index in [2.05, 4.69) is 10.5 Å². The molecule has 0 saturated carbocycles. The van der Waals surface area contributed by atoms with E-state index in [0.29, 0.717) is 37.8 Å². The number of hydrogen-bond donors (Lipinski definition) is 1. The molecule has 0 unspecified atom stereocenters. The van der Waals surface area contributed by atoms with Gasteiger partial charge in [-0.25, -0.2) is 4.79 Å². The highest BCUT2D eigenvalue weighted by Gasteiger charge is 2.10. The smallest absolute Gasteiger partial charge is 0.338 e. The first kappa shape index (κ1) is 22.9. The molecular formula is C25H17Cl3N2O3. The number of carbonyl (C=O) groups is 1. The van der Waals surface area contributed by atoms with E-state index >= 15 is 0 Å². The van der Waals surface area contributed by atoms with Gasteiger partial charge in [-0.1, -0.05) is 77.3 Å². The summed E-state index contributed by atoms with van der Waals surface area (Å²) in [6, 6.07) is 23.2. The zero-order chi connectivity index (χ0) is 23.2. The summed E-state index contributed by atoms with van der Waals surface area (Å²) < 4.78 is 11.2. The minimum absolute atomic E-state index is 0.225. The van der Waals surface area contributed by atoms with E-state index in [-0.39, 0.29) is 12.6 Å². The zero-order valence-electron chi connectivity index (χ0n) is 17.1. The Morgan fingerprint density at radius 3 is 2.33 bits per heavy atom. The van der Waals surface area contributed by atoms with E-state index in [1.165, 1.54) is 6.21 Å². The summed E-state index contributed by atoms with van der Waals surface area (Å²) in [7, 11) is 0. The Labute approximate surface area is 205 Å². The fourth-order valence-corrected chi connectivity index (χ4v) is 3.87. The molecule has 1 N–H and O–H groups in total. The molecule has 0 fully saturated rings. The molecule has 4 aromatic rings. The van der Waals surface area contributed by atoms with Crippen LogP contribution in [-0.2, 0) is 11.3 Å². The highest BCUT2D eigenvalue weighted by molar-refractivity contribution is 6.41.